The first-order chi connectivity index (χ1) is 12.8. The molecule has 4 rings (SSSR count). The van der Waals surface area contributed by atoms with Crippen molar-refractivity contribution in [2.24, 2.45) is 5.92 Å². The lowest BCUT2D eigenvalue weighted by Gasteiger charge is -2.51. The van der Waals surface area contributed by atoms with Crippen LogP contribution >= 0.6 is 0 Å². The average Bonchev–Trinajstić information content (AvgIpc) is 3.26. The third kappa shape index (κ3) is 2.93. The second-order valence-electron chi connectivity index (χ2n) is 7.77. The highest BCUT2D eigenvalue weighted by atomic mass is 16.5. The highest BCUT2D eigenvalue weighted by Gasteiger charge is 2.54. The van der Waals surface area contributed by atoms with Crippen LogP contribution in [0.25, 0.3) is 0 Å². The molecule has 1 aromatic heterocycles. The minimum atomic E-state index is -0.788. The van der Waals surface area contributed by atoms with E-state index in [2.05, 4.69) is 15.8 Å². The molecule has 3 heterocycles. The van der Waals surface area contributed by atoms with Gasteiger partial charge in [0.05, 0.1) is 17.7 Å². The molecule has 0 aromatic carbocycles. The van der Waals surface area contributed by atoms with Crippen LogP contribution in [0.3, 0.4) is 0 Å². The summed E-state index contributed by atoms with van der Waals surface area (Å²) in [6.45, 7) is 3.20. The van der Waals surface area contributed by atoms with E-state index in [0.717, 1.165) is 0 Å². The number of hydrogen-bond acceptors (Lipinski definition) is 6. The van der Waals surface area contributed by atoms with Gasteiger partial charge in [0.1, 0.15) is 5.76 Å². The van der Waals surface area contributed by atoms with Gasteiger partial charge in [0.15, 0.2) is 5.69 Å². The Morgan fingerprint density at radius 3 is 2.74 bits per heavy atom. The molecule has 1 spiro atoms. The number of aliphatic hydroxyl groups excluding tert-OH is 1. The molecule has 0 bridgehead atoms. The number of aryl methyl sites for hydroxylation is 1. The first kappa shape index (κ1) is 17.8. The fraction of sp³-hybridized carbons (Fsp3) is 0.647. The first-order valence-electron chi connectivity index (χ1n) is 9.02. The number of likely N-dealkylation sites (N-methyl/N-ethyl adjacent to an activating group) is 1. The zero-order valence-corrected chi connectivity index (χ0v) is 15.3. The number of aliphatic hydroxyl groups is 1. The summed E-state index contributed by atoms with van der Waals surface area (Å²) >= 11 is 0. The maximum atomic E-state index is 12.8. The van der Waals surface area contributed by atoms with Gasteiger partial charge in [-0.25, -0.2) is 4.79 Å². The first-order valence-corrected chi connectivity index (χ1v) is 9.02. The SMILES string of the molecule is Cc1cc(C(=O)N[C@@H]2C[C@H](C(=O)N3CC4(CNC(=O)N4C)C3)C[C@H]2O)no1. The molecule has 2 saturated heterocycles. The summed E-state index contributed by atoms with van der Waals surface area (Å²) in [5.41, 5.74) is -0.164. The van der Waals surface area contributed by atoms with Crippen molar-refractivity contribution in [2.45, 2.75) is 37.5 Å². The van der Waals surface area contributed by atoms with E-state index in [9.17, 15) is 19.5 Å². The van der Waals surface area contributed by atoms with Crippen molar-refractivity contribution >= 4 is 17.8 Å². The van der Waals surface area contributed by atoms with E-state index in [1.54, 1.807) is 23.8 Å². The predicted octanol–water partition coefficient (Wildman–Crippen LogP) is -0.912. The molecule has 27 heavy (non-hydrogen) atoms. The summed E-state index contributed by atoms with van der Waals surface area (Å²) in [6, 6.07) is 0.895. The van der Waals surface area contributed by atoms with Crippen LogP contribution < -0.4 is 10.6 Å². The third-order valence-electron chi connectivity index (χ3n) is 5.92. The van der Waals surface area contributed by atoms with Crippen LogP contribution in [0.4, 0.5) is 4.79 Å². The van der Waals surface area contributed by atoms with Gasteiger partial charge in [-0.3, -0.25) is 9.59 Å². The maximum Gasteiger partial charge on any atom is 0.317 e. The summed E-state index contributed by atoms with van der Waals surface area (Å²) in [7, 11) is 1.74. The van der Waals surface area contributed by atoms with Gasteiger partial charge in [-0.1, -0.05) is 5.16 Å². The summed E-state index contributed by atoms with van der Waals surface area (Å²) < 4.78 is 4.88. The quantitative estimate of drug-likeness (QED) is 0.626. The molecule has 1 aromatic rings. The van der Waals surface area contributed by atoms with Crippen LogP contribution in [-0.4, -0.2) is 82.3 Å². The van der Waals surface area contributed by atoms with Crippen molar-refractivity contribution in [3.63, 3.8) is 0 Å². The highest BCUT2D eigenvalue weighted by molar-refractivity contribution is 5.92. The van der Waals surface area contributed by atoms with Gasteiger partial charge in [0.2, 0.25) is 5.91 Å². The van der Waals surface area contributed by atoms with Crippen molar-refractivity contribution in [1.29, 1.82) is 0 Å². The van der Waals surface area contributed by atoms with Gasteiger partial charge in [-0.2, -0.15) is 0 Å². The summed E-state index contributed by atoms with van der Waals surface area (Å²) in [4.78, 5) is 40.0. The Morgan fingerprint density at radius 1 is 1.41 bits per heavy atom. The van der Waals surface area contributed by atoms with Crippen LogP contribution in [0, 0.1) is 12.8 Å². The number of hydrogen-bond donors (Lipinski definition) is 3. The molecule has 3 fully saturated rings. The average molecular weight is 377 g/mol. The molecule has 0 radical (unpaired) electrons. The van der Waals surface area contributed by atoms with Crippen molar-refractivity contribution in [1.82, 2.24) is 25.6 Å². The molecule has 3 aliphatic rings. The maximum absolute atomic E-state index is 12.8. The number of urea groups is 1. The van der Waals surface area contributed by atoms with Crippen molar-refractivity contribution < 1.29 is 24.0 Å². The highest BCUT2D eigenvalue weighted by Crippen LogP contribution is 2.35. The fourth-order valence-corrected chi connectivity index (χ4v) is 4.18. The molecular weight excluding hydrogens is 354 g/mol. The van der Waals surface area contributed by atoms with E-state index < -0.39 is 18.1 Å². The Kier molecular flexibility index (Phi) is 4.10. The lowest BCUT2D eigenvalue weighted by molar-refractivity contribution is -0.146. The summed E-state index contributed by atoms with van der Waals surface area (Å²) in [6.07, 6.45) is -0.111. The Hall–Kier alpha value is -2.62. The zero-order chi connectivity index (χ0) is 19.3. The van der Waals surface area contributed by atoms with Gasteiger partial charge in [0, 0.05) is 38.7 Å². The molecule has 2 aliphatic heterocycles. The minimum Gasteiger partial charge on any atom is -0.391 e. The molecule has 4 amide bonds. The molecular formula is C17H23N5O5. The van der Waals surface area contributed by atoms with E-state index >= 15 is 0 Å². The smallest absolute Gasteiger partial charge is 0.317 e. The Labute approximate surface area is 155 Å². The Balaban J connectivity index is 1.33. The van der Waals surface area contributed by atoms with Gasteiger partial charge < -0.3 is 30.1 Å². The van der Waals surface area contributed by atoms with Crippen molar-refractivity contribution in [3.8, 4) is 0 Å². The molecule has 0 unspecified atom stereocenters. The number of likely N-dealkylation sites (tertiary alicyclic amines) is 1. The topological polar surface area (TPSA) is 128 Å². The summed E-state index contributed by atoms with van der Waals surface area (Å²) in [5.74, 6) is -0.292. The number of rotatable bonds is 3. The molecule has 10 nitrogen and oxygen atoms in total. The normalized spacial score (nSPS) is 29.0. The van der Waals surface area contributed by atoms with E-state index in [1.807, 2.05) is 0 Å². The number of aromatic nitrogens is 1. The van der Waals surface area contributed by atoms with Gasteiger partial charge in [-0.05, 0) is 19.8 Å². The van der Waals surface area contributed by atoms with Gasteiger partial charge >= 0.3 is 6.03 Å². The predicted molar refractivity (Wildman–Crippen MR) is 91.7 cm³/mol. The fourth-order valence-electron chi connectivity index (χ4n) is 4.18. The van der Waals surface area contributed by atoms with E-state index in [4.69, 9.17) is 4.52 Å². The molecule has 1 saturated carbocycles. The largest absolute Gasteiger partial charge is 0.391 e. The van der Waals surface area contributed by atoms with E-state index in [1.165, 1.54) is 6.07 Å². The molecule has 3 atom stereocenters. The summed E-state index contributed by atoms with van der Waals surface area (Å²) in [5, 5.41) is 19.5. The molecule has 146 valence electrons. The van der Waals surface area contributed by atoms with E-state index in [-0.39, 0.29) is 29.1 Å². The third-order valence-corrected chi connectivity index (χ3v) is 5.92. The van der Waals surface area contributed by atoms with Crippen LogP contribution in [0.5, 0.6) is 0 Å². The lowest BCUT2D eigenvalue weighted by atomic mass is 9.88. The second-order valence-corrected chi connectivity index (χ2v) is 7.77. The van der Waals surface area contributed by atoms with Crippen LogP contribution in [0.1, 0.15) is 29.1 Å². The van der Waals surface area contributed by atoms with Crippen LogP contribution in [0.15, 0.2) is 10.6 Å². The number of amides is 4. The van der Waals surface area contributed by atoms with Crippen LogP contribution in [0.2, 0.25) is 0 Å². The number of carbonyl (C=O) groups is 3. The zero-order valence-electron chi connectivity index (χ0n) is 15.3. The van der Waals surface area contributed by atoms with Crippen molar-refractivity contribution in [2.75, 3.05) is 26.7 Å². The second kappa shape index (κ2) is 6.22. The Morgan fingerprint density at radius 2 is 2.15 bits per heavy atom. The van der Waals surface area contributed by atoms with Crippen LogP contribution in [-0.2, 0) is 4.79 Å². The van der Waals surface area contributed by atoms with Gasteiger partial charge in [-0.15, -0.1) is 0 Å². The Bertz CT molecular complexity index is 786. The molecule has 1 aliphatic carbocycles. The number of nitrogens with zero attached hydrogens (tertiary/aromatic N) is 3. The minimum absolute atomic E-state index is 0.0403. The number of carbonyl (C=O) groups excluding carboxylic acids is 3. The van der Waals surface area contributed by atoms with E-state index in [0.29, 0.717) is 38.2 Å². The van der Waals surface area contributed by atoms with Crippen molar-refractivity contribution in [3.05, 3.63) is 17.5 Å². The lowest BCUT2D eigenvalue weighted by Crippen LogP contribution is -2.70. The standard InChI is InChI=1S/C17H23N5O5/c1-9-3-12(20-27-9)14(24)19-11-4-10(5-13(11)23)15(25)22-7-17(8-22)6-18-16(26)21(17)2/h3,10-11,13,23H,4-8H2,1-2H3,(H,18,26)(H,19,24)/t10-,11+,13+/m0/s1. The molecule has 10 heteroatoms. The monoisotopic (exact) mass is 377 g/mol. The van der Waals surface area contributed by atoms with Gasteiger partial charge in [0.25, 0.3) is 5.91 Å². The number of nitrogens with one attached hydrogen (secondary N) is 2. The molecule has 3 N–H and O–H groups in total.